The van der Waals surface area contributed by atoms with Crippen LogP contribution in [0.25, 0.3) is 0 Å². The predicted octanol–water partition coefficient (Wildman–Crippen LogP) is 1.70. The van der Waals surface area contributed by atoms with E-state index in [0.717, 1.165) is 25.9 Å². The van der Waals surface area contributed by atoms with Crippen LogP contribution in [-0.4, -0.2) is 67.8 Å². The standard InChI is InChI=1S/C21H23N5O3S/c22-16-17-5-7-18(8-6-17)30(28,29)26-14-12-25(13-15-26)21(27)19-4-3-9-23-20(19)24-10-1-2-11-24/h3-9H,1-2,10-15H2. The fourth-order valence-electron chi connectivity index (χ4n) is 3.90. The summed E-state index contributed by atoms with van der Waals surface area (Å²) in [6.07, 6.45) is 3.89. The first-order valence-electron chi connectivity index (χ1n) is 10.0. The molecule has 2 aromatic rings. The first-order chi connectivity index (χ1) is 14.5. The first-order valence-corrected chi connectivity index (χ1v) is 11.4. The molecule has 2 aliphatic rings. The van der Waals surface area contributed by atoms with Crippen LogP contribution in [0.3, 0.4) is 0 Å². The third-order valence-corrected chi connectivity index (χ3v) is 7.48. The summed E-state index contributed by atoms with van der Waals surface area (Å²) >= 11 is 0. The van der Waals surface area contributed by atoms with Crippen molar-refractivity contribution in [2.75, 3.05) is 44.2 Å². The number of carbonyl (C=O) groups is 1. The molecule has 2 saturated heterocycles. The number of benzene rings is 1. The minimum Gasteiger partial charge on any atom is -0.356 e. The lowest BCUT2D eigenvalue weighted by Gasteiger charge is -2.34. The Morgan fingerprint density at radius 1 is 0.967 bits per heavy atom. The Morgan fingerprint density at radius 3 is 2.27 bits per heavy atom. The van der Waals surface area contributed by atoms with Crippen LogP contribution in [0, 0.1) is 11.3 Å². The molecule has 0 saturated carbocycles. The largest absolute Gasteiger partial charge is 0.356 e. The summed E-state index contributed by atoms with van der Waals surface area (Å²) in [5, 5.41) is 8.89. The van der Waals surface area contributed by atoms with Gasteiger partial charge in [0.25, 0.3) is 5.91 Å². The van der Waals surface area contributed by atoms with Crippen LogP contribution < -0.4 is 4.90 Å². The summed E-state index contributed by atoms with van der Waals surface area (Å²) in [5.41, 5.74) is 0.984. The van der Waals surface area contributed by atoms with Gasteiger partial charge in [0.05, 0.1) is 22.1 Å². The van der Waals surface area contributed by atoms with E-state index in [9.17, 15) is 13.2 Å². The van der Waals surface area contributed by atoms with Gasteiger partial charge in [-0.05, 0) is 49.2 Å². The van der Waals surface area contributed by atoms with Gasteiger partial charge in [-0.15, -0.1) is 0 Å². The number of nitrogens with zero attached hydrogens (tertiary/aromatic N) is 5. The number of aromatic nitrogens is 1. The number of rotatable bonds is 4. The van der Waals surface area contributed by atoms with Crippen LogP contribution in [0.4, 0.5) is 5.82 Å². The minimum atomic E-state index is -3.66. The topological polar surface area (TPSA) is 97.6 Å². The van der Waals surface area contributed by atoms with Crippen LogP contribution in [0.1, 0.15) is 28.8 Å². The highest BCUT2D eigenvalue weighted by atomic mass is 32.2. The normalized spacial score (nSPS) is 17.7. The number of anilines is 1. The molecule has 9 heteroatoms. The smallest absolute Gasteiger partial charge is 0.257 e. The molecule has 1 aromatic carbocycles. The molecule has 156 valence electrons. The molecule has 4 rings (SSSR count). The van der Waals surface area contributed by atoms with Gasteiger partial charge in [0, 0.05) is 45.5 Å². The van der Waals surface area contributed by atoms with Crippen LogP contribution in [0.15, 0.2) is 47.5 Å². The zero-order valence-electron chi connectivity index (χ0n) is 16.6. The minimum absolute atomic E-state index is 0.111. The van der Waals surface area contributed by atoms with Gasteiger partial charge in [-0.3, -0.25) is 4.79 Å². The number of hydrogen-bond acceptors (Lipinski definition) is 6. The van der Waals surface area contributed by atoms with Gasteiger partial charge in [0.1, 0.15) is 5.82 Å². The Labute approximate surface area is 176 Å². The predicted molar refractivity (Wildman–Crippen MR) is 112 cm³/mol. The Kier molecular flexibility index (Phi) is 5.70. The lowest BCUT2D eigenvalue weighted by atomic mass is 10.2. The van der Waals surface area contributed by atoms with E-state index in [1.165, 1.54) is 28.6 Å². The average Bonchev–Trinajstić information content (AvgIpc) is 3.33. The van der Waals surface area contributed by atoms with Crippen LogP contribution in [0.5, 0.6) is 0 Å². The SMILES string of the molecule is N#Cc1ccc(S(=O)(=O)N2CCN(C(=O)c3cccnc3N3CCCC3)CC2)cc1. The maximum Gasteiger partial charge on any atom is 0.257 e. The van der Waals surface area contributed by atoms with E-state index >= 15 is 0 Å². The summed E-state index contributed by atoms with van der Waals surface area (Å²) in [6.45, 7) is 2.90. The number of carbonyl (C=O) groups excluding carboxylic acids is 1. The van der Waals surface area contributed by atoms with Gasteiger partial charge in [-0.25, -0.2) is 13.4 Å². The number of hydrogen-bond donors (Lipinski definition) is 0. The zero-order valence-corrected chi connectivity index (χ0v) is 17.4. The van der Waals surface area contributed by atoms with Crippen molar-refractivity contribution in [1.29, 1.82) is 5.26 Å². The summed E-state index contributed by atoms with van der Waals surface area (Å²) < 4.78 is 27.2. The summed E-state index contributed by atoms with van der Waals surface area (Å²) in [4.78, 5) is 21.6. The summed E-state index contributed by atoms with van der Waals surface area (Å²) in [7, 11) is -3.66. The van der Waals surface area contributed by atoms with Gasteiger partial charge in [-0.2, -0.15) is 9.57 Å². The molecule has 2 fully saturated rings. The molecule has 1 amide bonds. The van der Waals surface area contributed by atoms with E-state index in [0.29, 0.717) is 30.0 Å². The van der Waals surface area contributed by atoms with Gasteiger partial charge in [0.15, 0.2) is 0 Å². The molecule has 0 atom stereocenters. The first kappa shape index (κ1) is 20.3. The second kappa shape index (κ2) is 8.42. The van der Waals surface area contributed by atoms with Crippen molar-refractivity contribution in [3.63, 3.8) is 0 Å². The molecule has 30 heavy (non-hydrogen) atoms. The Hall–Kier alpha value is -2.96. The van der Waals surface area contributed by atoms with Crippen molar-refractivity contribution in [3.05, 3.63) is 53.7 Å². The monoisotopic (exact) mass is 425 g/mol. The second-order valence-electron chi connectivity index (χ2n) is 7.40. The van der Waals surface area contributed by atoms with Crippen LogP contribution >= 0.6 is 0 Å². The molecule has 2 aliphatic heterocycles. The van der Waals surface area contributed by atoms with E-state index < -0.39 is 10.0 Å². The molecule has 0 spiro atoms. The van der Waals surface area contributed by atoms with Crippen molar-refractivity contribution >= 4 is 21.7 Å². The molecule has 1 aromatic heterocycles. The van der Waals surface area contributed by atoms with Crippen molar-refractivity contribution in [2.24, 2.45) is 0 Å². The molecule has 0 aliphatic carbocycles. The maximum absolute atomic E-state index is 13.1. The Bertz CT molecular complexity index is 1060. The van der Waals surface area contributed by atoms with Gasteiger partial charge < -0.3 is 9.80 Å². The fourth-order valence-corrected chi connectivity index (χ4v) is 5.32. The molecule has 0 radical (unpaired) electrons. The van der Waals surface area contributed by atoms with Gasteiger partial charge in [0.2, 0.25) is 10.0 Å². The summed E-state index contributed by atoms with van der Waals surface area (Å²) in [6, 6.07) is 11.4. The maximum atomic E-state index is 13.1. The van der Waals surface area contributed by atoms with Gasteiger partial charge in [-0.1, -0.05) is 0 Å². The Balaban J connectivity index is 1.46. The quantitative estimate of drug-likeness (QED) is 0.740. The molecule has 0 N–H and O–H groups in total. The van der Waals surface area contributed by atoms with Crippen molar-refractivity contribution in [2.45, 2.75) is 17.7 Å². The number of pyridine rings is 1. The highest BCUT2D eigenvalue weighted by molar-refractivity contribution is 7.89. The molecule has 8 nitrogen and oxygen atoms in total. The highest BCUT2D eigenvalue weighted by Gasteiger charge is 2.32. The van der Waals surface area contributed by atoms with E-state index in [1.54, 1.807) is 23.2 Å². The molecule has 3 heterocycles. The lowest BCUT2D eigenvalue weighted by molar-refractivity contribution is 0.0698. The van der Waals surface area contributed by atoms with E-state index in [4.69, 9.17) is 5.26 Å². The molecule has 0 bridgehead atoms. The number of amides is 1. The lowest BCUT2D eigenvalue weighted by Crippen LogP contribution is -2.50. The number of sulfonamides is 1. The van der Waals surface area contributed by atoms with Gasteiger partial charge >= 0.3 is 0 Å². The summed E-state index contributed by atoms with van der Waals surface area (Å²) in [5.74, 6) is 0.605. The van der Waals surface area contributed by atoms with Crippen molar-refractivity contribution in [3.8, 4) is 6.07 Å². The third kappa shape index (κ3) is 3.88. The zero-order chi connectivity index (χ0) is 21.1. The van der Waals surface area contributed by atoms with E-state index in [1.807, 2.05) is 6.07 Å². The molecular formula is C21H23N5O3S. The van der Waals surface area contributed by atoms with Crippen LogP contribution in [0.2, 0.25) is 0 Å². The van der Waals surface area contributed by atoms with E-state index in [-0.39, 0.29) is 23.9 Å². The highest BCUT2D eigenvalue weighted by Crippen LogP contribution is 2.24. The number of piperazine rings is 1. The Morgan fingerprint density at radius 2 is 1.63 bits per heavy atom. The third-order valence-electron chi connectivity index (χ3n) is 5.57. The average molecular weight is 426 g/mol. The molecule has 0 unspecified atom stereocenters. The van der Waals surface area contributed by atoms with E-state index in [2.05, 4.69) is 9.88 Å². The van der Waals surface area contributed by atoms with Crippen LogP contribution in [-0.2, 0) is 10.0 Å². The van der Waals surface area contributed by atoms with Crippen molar-refractivity contribution in [1.82, 2.24) is 14.2 Å². The molecular weight excluding hydrogens is 402 g/mol. The number of nitriles is 1. The second-order valence-corrected chi connectivity index (χ2v) is 9.34. The van der Waals surface area contributed by atoms with Crippen molar-refractivity contribution < 1.29 is 13.2 Å². The fraction of sp³-hybridized carbons (Fsp3) is 0.381.